The third-order valence-electron chi connectivity index (χ3n) is 3.56. The molecule has 0 bridgehead atoms. The van der Waals surface area contributed by atoms with Crippen molar-refractivity contribution in [1.82, 2.24) is 9.97 Å². The normalized spacial score (nSPS) is 11.1. The van der Waals surface area contributed by atoms with Crippen molar-refractivity contribution >= 4 is 29.2 Å². The molecule has 5 heteroatoms. The molecule has 0 amide bonds. The highest BCUT2D eigenvalue weighted by molar-refractivity contribution is 6.02. The lowest BCUT2D eigenvalue weighted by molar-refractivity contribution is 0.0603. The van der Waals surface area contributed by atoms with Gasteiger partial charge in [-0.25, -0.2) is 9.78 Å². The number of imidazole rings is 1. The second kappa shape index (κ2) is 7.00. The average Bonchev–Trinajstić information content (AvgIpc) is 3.03. The van der Waals surface area contributed by atoms with E-state index in [2.05, 4.69) is 9.97 Å². The van der Waals surface area contributed by atoms with E-state index in [4.69, 9.17) is 9.47 Å². The van der Waals surface area contributed by atoms with Gasteiger partial charge in [0.15, 0.2) is 0 Å². The first kappa shape index (κ1) is 15.8. The summed E-state index contributed by atoms with van der Waals surface area (Å²) in [5.41, 5.74) is 2.89. The van der Waals surface area contributed by atoms with Gasteiger partial charge in [0.2, 0.25) is 0 Å². The molecule has 3 rings (SSSR count). The summed E-state index contributed by atoms with van der Waals surface area (Å²) in [6.45, 7) is 2.61. The lowest BCUT2D eigenvalue weighted by Crippen LogP contribution is -2.01. The van der Waals surface area contributed by atoms with Gasteiger partial charge in [-0.3, -0.25) is 0 Å². The van der Waals surface area contributed by atoms with Gasteiger partial charge in [0.1, 0.15) is 17.1 Å². The lowest BCUT2D eigenvalue weighted by atomic mass is 10.2. The van der Waals surface area contributed by atoms with Crippen LogP contribution in [0.1, 0.15) is 28.7 Å². The fraction of sp³-hybridized carbons (Fsp3) is 0.158. The molecule has 0 aliphatic rings. The van der Waals surface area contributed by atoms with E-state index in [0.717, 1.165) is 16.8 Å². The summed E-state index contributed by atoms with van der Waals surface area (Å²) in [6.07, 6.45) is 3.82. The third kappa shape index (κ3) is 3.30. The van der Waals surface area contributed by atoms with Gasteiger partial charge in [-0.1, -0.05) is 24.3 Å². The van der Waals surface area contributed by atoms with Crippen molar-refractivity contribution < 1.29 is 14.3 Å². The number of hydrogen-bond acceptors (Lipinski definition) is 4. The Morgan fingerprint density at radius 3 is 2.67 bits per heavy atom. The number of aromatic nitrogens is 2. The molecule has 0 fully saturated rings. The number of ether oxygens (including phenoxy) is 2. The van der Waals surface area contributed by atoms with Crippen molar-refractivity contribution in [1.29, 1.82) is 0 Å². The molecule has 24 heavy (non-hydrogen) atoms. The predicted molar refractivity (Wildman–Crippen MR) is 94.0 cm³/mol. The predicted octanol–water partition coefficient (Wildman–Crippen LogP) is 3.92. The number of hydrogen-bond donors (Lipinski definition) is 1. The molecule has 3 aromatic rings. The van der Waals surface area contributed by atoms with Crippen molar-refractivity contribution in [2.24, 2.45) is 0 Å². The zero-order valence-electron chi connectivity index (χ0n) is 13.6. The maximum absolute atomic E-state index is 11.8. The summed E-state index contributed by atoms with van der Waals surface area (Å²) in [5.74, 6) is 1.13. The van der Waals surface area contributed by atoms with Crippen LogP contribution < -0.4 is 4.74 Å². The fourth-order valence-electron chi connectivity index (χ4n) is 2.42. The molecule has 0 aliphatic carbocycles. The summed E-state index contributed by atoms with van der Waals surface area (Å²) in [4.78, 5) is 19.5. The van der Waals surface area contributed by atoms with Crippen LogP contribution in [0.3, 0.4) is 0 Å². The van der Waals surface area contributed by atoms with E-state index in [9.17, 15) is 4.79 Å². The van der Waals surface area contributed by atoms with Gasteiger partial charge in [0.25, 0.3) is 0 Å². The Kier molecular flexibility index (Phi) is 4.61. The number of nitrogens with zero attached hydrogens (tertiary/aromatic N) is 1. The molecule has 0 unspecified atom stereocenters. The van der Waals surface area contributed by atoms with Crippen LogP contribution in [0.25, 0.3) is 23.2 Å². The molecule has 122 valence electrons. The Morgan fingerprint density at radius 2 is 1.96 bits per heavy atom. The average molecular weight is 322 g/mol. The standard InChI is InChI=1S/C19H18N2O3/c1-3-24-14-10-7-13(8-11-14)9-12-17-20-16-6-4-5-15(18(16)21-17)19(22)23-2/h4-12H,3H2,1-2H3,(H,20,21). The molecular formula is C19H18N2O3. The van der Waals surface area contributed by atoms with Crippen LogP contribution in [0.2, 0.25) is 0 Å². The molecule has 0 saturated heterocycles. The number of esters is 1. The summed E-state index contributed by atoms with van der Waals surface area (Å²) >= 11 is 0. The first-order chi connectivity index (χ1) is 11.7. The SMILES string of the molecule is CCOc1ccc(C=Cc2nc3c(C(=O)OC)cccc3[nH]2)cc1. The van der Waals surface area contributed by atoms with Crippen molar-refractivity contribution in [3.05, 3.63) is 59.4 Å². The van der Waals surface area contributed by atoms with Crippen molar-refractivity contribution in [2.75, 3.05) is 13.7 Å². The lowest BCUT2D eigenvalue weighted by Gasteiger charge is -2.01. The van der Waals surface area contributed by atoms with Crippen LogP contribution >= 0.6 is 0 Å². The summed E-state index contributed by atoms with van der Waals surface area (Å²) in [6, 6.07) is 13.2. The van der Waals surface area contributed by atoms with E-state index < -0.39 is 5.97 Å². The van der Waals surface area contributed by atoms with Gasteiger partial charge >= 0.3 is 5.97 Å². The van der Waals surface area contributed by atoms with Gasteiger partial charge < -0.3 is 14.5 Å². The summed E-state index contributed by atoms with van der Waals surface area (Å²) in [7, 11) is 1.36. The molecule has 1 heterocycles. The summed E-state index contributed by atoms with van der Waals surface area (Å²) in [5, 5.41) is 0. The molecule has 1 aromatic heterocycles. The van der Waals surface area contributed by atoms with Crippen molar-refractivity contribution in [3.63, 3.8) is 0 Å². The monoisotopic (exact) mass is 322 g/mol. The number of carbonyl (C=O) groups is 1. The Bertz CT molecular complexity index is 879. The number of methoxy groups -OCH3 is 1. The number of nitrogens with one attached hydrogen (secondary N) is 1. The van der Waals surface area contributed by atoms with Crippen molar-refractivity contribution in [3.8, 4) is 5.75 Å². The van der Waals surface area contributed by atoms with Gasteiger partial charge in [-0.2, -0.15) is 0 Å². The molecule has 1 N–H and O–H groups in total. The fourth-order valence-corrected chi connectivity index (χ4v) is 2.42. The Morgan fingerprint density at radius 1 is 1.17 bits per heavy atom. The number of rotatable bonds is 5. The summed E-state index contributed by atoms with van der Waals surface area (Å²) < 4.78 is 10.2. The molecule has 0 spiro atoms. The highest BCUT2D eigenvalue weighted by atomic mass is 16.5. The zero-order chi connectivity index (χ0) is 16.9. The first-order valence-corrected chi connectivity index (χ1v) is 7.69. The van der Waals surface area contributed by atoms with E-state index in [1.165, 1.54) is 7.11 Å². The second-order valence-corrected chi connectivity index (χ2v) is 5.15. The molecule has 0 saturated carbocycles. The van der Waals surface area contributed by atoms with Crippen LogP contribution in [0.4, 0.5) is 0 Å². The van der Waals surface area contributed by atoms with E-state index in [1.807, 2.05) is 49.4 Å². The Balaban J connectivity index is 1.86. The molecule has 0 radical (unpaired) electrons. The number of para-hydroxylation sites is 1. The highest BCUT2D eigenvalue weighted by Crippen LogP contribution is 2.19. The number of H-pyrrole nitrogens is 1. The topological polar surface area (TPSA) is 64.2 Å². The van der Waals surface area contributed by atoms with Crippen LogP contribution in [0.15, 0.2) is 42.5 Å². The van der Waals surface area contributed by atoms with Crippen LogP contribution in [0.5, 0.6) is 5.75 Å². The minimum absolute atomic E-state index is 0.394. The van der Waals surface area contributed by atoms with Crippen molar-refractivity contribution in [2.45, 2.75) is 6.92 Å². The quantitative estimate of drug-likeness (QED) is 0.723. The van der Waals surface area contributed by atoms with E-state index in [1.54, 1.807) is 12.1 Å². The Labute approximate surface area is 139 Å². The minimum Gasteiger partial charge on any atom is -0.494 e. The van der Waals surface area contributed by atoms with Crippen LogP contribution in [0, 0.1) is 0 Å². The third-order valence-corrected chi connectivity index (χ3v) is 3.56. The Hall–Kier alpha value is -3.08. The minimum atomic E-state index is -0.394. The zero-order valence-corrected chi connectivity index (χ0v) is 13.6. The maximum atomic E-state index is 11.8. The van der Waals surface area contributed by atoms with Gasteiger partial charge in [0, 0.05) is 0 Å². The highest BCUT2D eigenvalue weighted by Gasteiger charge is 2.12. The van der Waals surface area contributed by atoms with Gasteiger partial charge in [-0.15, -0.1) is 0 Å². The number of benzene rings is 2. The maximum Gasteiger partial charge on any atom is 0.340 e. The number of carbonyl (C=O) groups excluding carboxylic acids is 1. The smallest absolute Gasteiger partial charge is 0.340 e. The van der Waals surface area contributed by atoms with E-state index in [0.29, 0.717) is 23.5 Å². The number of aromatic amines is 1. The van der Waals surface area contributed by atoms with Crippen LogP contribution in [-0.4, -0.2) is 29.7 Å². The molecular weight excluding hydrogens is 304 g/mol. The molecule has 0 aliphatic heterocycles. The van der Waals surface area contributed by atoms with Gasteiger partial charge in [0.05, 0.1) is 24.8 Å². The second-order valence-electron chi connectivity index (χ2n) is 5.15. The molecule has 0 atom stereocenters. The van der Waals surface area contributed by atoms with E-state index in [-0.39, 0.29) is 0 Å². The number of fused-ring (bicyclic) bond motifs is 1. The van der Waals surface area contributed by atoms with Crippen LogP contribution in [-0.2, 0) is 4.74 Å². The largest absolute Gasteiger partial charge is 0.494 e. The molecule has 2 aromatic carbocycles. The molecule has 5 nitrogen and oxygen atoms in total. The van der Waals surface area contributed by atoms with Gasteiger partial charge in [-0.05, 0) is 42.8 Å². The first-order valence-electron chi connectivity index (χ1n) is 7.69. The van der Waals surface area contributed by atoms with E-state index >= 15 is 0 Å².